The van der Waals surface area contributed by atoms with E-state index in [9.17, 15) is 4.79 Å². The van der Waals surface area contributed by atoms with Crippen molar-refractivity contribution in [1.82, 2.24) is 30.0 Å². The molecule has 0 aliphatic carbocycles. The molecule has 11 nitrogen and oxygen atoms in total. The highest BCUT2D eigenvalue weighted by molar-refractivity contribution is 5.96. The van der Waals surface area contributed by atoms with Crippen LogP contribution in [0.15, 0.2) is 48.7 Å². The number of hydrogen-bond donors (Lipinski definition) is 1. The minimum absolute atomic E-state index is 0.244. The molecule has 3 aromatic rings. The van der Waals surface area contributed by atoms with E-state index in [-0.39, 0.29) is 11.8 Å². The Bertz CT molecular complexity index is 1320. The number of aryl methyl sites for hydroxylation is 1. The molecule has 1 aromatic heterocycles. The minimum Gasteiger partial charge on any atom is -0.497 e. The van der Waals surface area contributed by atoms with E-state index in [0.29, 0.717) is 35.3 Å². The molecule has 0 atom stereocenters. The average molecular weight is 592 g/mol. The van der Waals surface area contributed by atoms with E-state index in [4.69, 9.17) is 19.2 Å². The first-order valence-electron chi connectivity index (χ1n) is 14.7. The summed E-state index contributed by atoms with van der Waals surface area (Å²) in [5, 5.41) is 3.27. The van der Waals surface area contributed by atoms with E-state index in [1.54, 1.807) is 38.4 Å². The number of likely N-dealkylation sites (N-methyl/N-ethyl adjacent to an activating group) is 2. The van der Waals surface area contributed by atoms with Crippen molar-refractivity contribution in [2.75, 3.05) is 92.6 Å². The third kappa shape index (κ3) is 9.03. The van der Waals surface area contributed by atoms with Crippen LogP contribution in [0.5, 0.6) is 23.1 Å². The summed E-state index contributed by atoms with van der Waals surface area (Å²) in [7, 11) is 9.19. The SMILES string of the molecule is CN1CCNCC1.COc1cc(CN(C)C(=O)c2cnc(N3CCN(C)CC3)nc2Oc2ccccc2C)cc(OC)c1. The maximum Gasteiger partial charge on any atom is 0.260 e. The number of hydrogen-bond acceptors (Lipinski definition) is 10. The molecule has 0 unspecified atom stereocenters. The van der Waals surface area contributed by atoms with Gasteiger partial charge in [0, 0.05) is 78.2 Å². The molecule has 1 N–H and O–H groups in total. The number of nitrogens with zero attached hydrogens (tertiary/aromatic N) is 6. The predicted octanol–water partition coefficient (Wildman–Crippen LogP) is 3.14. The summed E-state index contributed by atoms with van der Waals surface area (Å²) >= 11 is 0. The normalized spacial score (nSPS) is 15.7. The van der Waals surface area contributed by atoms with Crippen molar-refractivity contribution in [3.8, 4) is 23.1 Å². The molecule has 0 saturated carbocycles. The summed E-state index contributed by atoms with van der Waals surface area (Å²) in [4.78, 5) is 31.1. The molecule has 11 heteroatoms. The lowest BCUT2D eigenvalue weighted by Crippen LogP contribution is -2.45. The maximum atomic E-state index is 13.6. The van der Waals surface area contributed by atoms with Crippen molar-refractivity contribution in [2.24, 2.45) is 0 Å². The molecule has 3 heterocycles. The monoisotopic (exact) mass is 591 g/mol. The number of anilines is 1. The van der Waals surface area contributed by atoms with Crippen molar-refractivity contribution in [2.45, 2.75) is 13.5 Å². The highest BCUT2D eigenvalue weighted by Gasteiger charge is 2.24. The highest BCUT2D eigenvalue weighted by Crippen LogP contribution is 2.29. The zero-order chi connectivity index (χ0) is 30.8. The largest absolute Gasteiger partial charge is 0.497 e. The summed E-state index contributed by atoms with van der Waals surface area (Å²) in [6, 6.07) is 13.2. The lowest BCUT2D eigenvalue weighted by atomic mass is 10.1. The Morgan fingerprint density at radius 3 is 2.14 bits per heavy atom. The van der Waals surface area contributed by atoms with Crippen molar-refractivity contribution in [3.05, 3.63) is 65.4 Å². The van der Waals surface area contributed by atoms with Gasteiger partial charge in [-0.15, -0.1) is 0 Å². The van der Waals surface area contributed by atoms with Crippen LogP contribution >= 0.6 is 0 Å². The quantitative estimate of drug-likeness (QED) is 0.421. The van der Waals surface area contributed by atoms with Gasteiger partial charge in [0.15, 0.2) is 0 Å². The van der Waals surface area contributed by atoms with Crippen LogP contribution in [0.4, 0.5) is 5.95 Å². The Morgan fingerprint density at radius 2 is 1.56 bits per heavy atom. The molecule has 1 amide bonds. The number of ether oxygens (including phenoxy) is 3. The Morgan fingerprint density at radius 1 is 0.930 bits per heavy atom. The van der Waals surface area contributed by atoms with E-state index in [0.717, 1.165) is 50.4 Å². The highest BCUT2D eigenvalue weighted by atomic mass is 16.5. The molecular weight excluding hydrogens is 546 g/mol. The number of rotatable bonds is 8. The van der Waals surface area contributed by atoms with Crippen LogP contribution in [0.1, 0.15) is 21.5 Å². The molecule has 0 radical (unpaired) electrons. The van der Waals surface area contributed by atoms with Crippen molar-refractivity contribution in [3.63, 3.8) is 0 Å². The molecule has 0 bridgehead atoms. The standard InChI is InChI=1S/C27H33N5O4.C5H12N2/c1-19-8-6-7-9-24(19)36-25-23(17-28-27(29-25)32-12-10-30(2)11-13-32)26(33)31(3)18-20-14-21(34-4)16-22(15-20)35-5;1-7-4-2-6-3-5-7/h6-9,14-17H,10-13,18H2,1-5H3;6H,2-5H2,1H3. The minimum atomic E-state index is -0.245. The van der Waals surface area contributed by atoms with Crippen LogP contribution in [-0.4, -0.2) is 118 Å². The maximum absolute atomic E-state index is 13.6. The molecule has 2 aliphatic rings. The van der Waals surface area contributed by atoms with Gasteiger partial charge in [-0.1, -0.05) is 18.2 Å². The molecule has 2 saturated heterocycles. The molecule has 2 fully saturated rings. The average Bonchev–Trinajstić information content (AvgIpc) is 3.02. The van der Waals surface area contributed by atoms with Crippen molar-refractivity contribution in [1.29, 1.82) is 0 Å². The lowest BCUT2D eigenvalue weighted by molar-refractivity contribution is 0.0781. The van der Waals surface area contributed by atoms with Crippen molar-refractivity contribution >= 4 is 11.9 Å². The second-order valence-electron chi connectivity index (χ2n) is 11.0. The molecule has 2 aliphatic heterocycles. The van der Waals surface area contributed by atoms with Gasteiger partial charge in [0.05, 0.1) is 14.2 Å². The zero-order valence-corrected chi connectivity index (χ0v) is 26.3. The predicted molar refractivity (Wildman–Crippen MR) is 169 cm³/mol. The number of piperazine rings is 2. The summed E-state index contributed by atoms with van der Waals surface area (Å²) in [6.45, 7) is 10.5. The zero-order valence-electron chi connectivity index (χ0n) is 26.3. The van der Waals surface area contributed by atoms with Gasteiger partial charge >= 0.3 is 0 Å². The van der Waals surface area contributed by atoms with Crippen LogP contribution in [0.3, 0.4) is 0 Å². The van der Waals surface area contributed by atoms with E-state index < -0.39 is 0 Å². The Hall–Kier alpha value is -3.93. The van der Waals surface area contributed by atoms with Gasteiger partial charge in [-0.05, 0) is 50.3 Å². The number of benzene rings is 2. The van der Waals surface area contributed by atoms with Gasteiger partial charge in [-0.3, -0.25) is 4.79 Å². The number of aromatic nitrogens is 2. The summed E-state index contributed by atoms with van der Waals surface area (Å²) in [5.74, 6) is 2.53. The number of carbonyl (C=O) groups is 1. The third-order valence-corrected chi connectivity index (χ3v) is 7.58. The third-order valence-electron chi connectivity index (χ3n) is 7.58. The van der Waals surface area contributed by atoms with Crippen LogP contribution in [0.25, 0.3) is 0 Å². The van der Waals surface area contributed by atoms with Gasteiger partial charge in [-0.2, -0.15) is 4.98 Å². The fraction of sp³-hybridized carbons (Fsp3) is 0.469. The molecule has 232 valence electrons. The number of nitrogens with one attached hydrogen (secondary N) is 1. The Labute approximate surface area is 255 Å². The van der Waals surface area contributed by atoms with E-state index in [1.807, 2.05) is 43.3 Å². The van der Waals surface area contributed by atoms with Gasteiger partial charge in [0.25, 0.3) is 5.91 Å². The van der Waals surface area contributed by atoms with Gasteiger partial charge in [-0.25, -0.2) is 4.98 Å². The Balaban J connectivity index is 0.000000530. The summed E-state index contributed by atoms with van der Waals surface area (Å²) in [5.41, 5.74) is 2.12. The van der Waals surface area contributed by atoms with E-state index in [2.05, 4.69) is 39.1 Å². The topological polar surface area (TPSA) is 95.5 Å². The fourth-order valence-corrected chi connectivity index (χ4v) is 4.80. The number of methoxy groups -OCH3 is 2. The summed E-state index contributed by atoms with van der Waals surface area (Å²) in [6.07, 6.45) is 1.57. The van der Waals surface area contributed by atoms with Crippen LogP contribution in [0, 0.1) is 6.92 Å². The number of amides is 1. The fourth-order valence-electron chi connectivity index (χ4n) is 4.80. The van der Waals surface area contributed by atoms with Gasteiger partial charge in [0.2, 0.25) is 11.8 Å². The molecular formula is C32H45N7O4. The lowest BCUT2D eigenvalue weighted by Gasteiger charge is -2.32. The number of carbonyl (C=O) groups excluding carboxylic acids is 1. The van der Waals surface area contributed by atoms with Crippen molar-refractivity contribution < 1.29 is 19.0 Å². The molecule has 2 aromatic carbocycles. The van der Waals surface area contributed by atoms with E-state index in [1.165, 1.54) is 13.1 Å². The first-order valence-corrected chi connectivity index (χ1v) is 14.7. The van der Waals surface area contributed by atoms with Crippen LogP contribution in [-0.2, 0) is 6.54 Å². The molecule has 5 rings (SSSR count). The first kappa shape index (κ1) is 32.0. The number of para-hydroxylation sites is 1. The molecule has 0 spiro atoms. The second-order valence-corrected chi connectivity index (χ2v) is 11.0. The summed E-state index contributed by atoms with van der Waals surface area (Å²) < 4.78 is 16.9. The smallest absolute Gasteiger partial charge is 0.260 e. The van der Waals surface area contributed by atoms with Gasteiger partial charge in [0.1, 0.15) is 22.8 Å². The second kappa shape index (κ2) is 15.5. The van der Waals surface area contributed by atoms with Gasteiger partial charge < -0.3 is 39.1 Å². The molecule has 43 heavy (non-hydrogen) atoms. The first-order chi connectivity index (χ1) is 20.8. The van der Waals surface area contributed by atoms with Crippen LogP contribution < -0.4 is 24.4 Å². The Kier molecular flexibility index (Phi) is 11.5. The van der Waals surface area contributed by atoms with E-state index >= 15 is 0 Å². The van der Waals surface area contributed by atoms with Crippen LogP contribution in [0.2, 0.25) is 0 Å².